The summed E-state index contributed by atoms with van der Waals surface area (Å²) in [5, 5.41) is 2.91. The molecule has 0 aliphatic carbocycles. The molecule has 0 atom stereocenters. The maximum Gasteiger partial charge on any atom is 0.322 e. The summed E-state index contributed by atoms with van der Waals surface area (Å²) in [7, 11) is 1.97. The van der Waals surface area contributed by atoms with Crippen LogP contribution in [-0.2, 0) is 13.6 Å². The highest BCUT2D eigenvalue weighted by Gasteiger charge is 2.15. The molecule has 2 amide bonds. The van der Waals surface area contributed by atoms with Gasteiger partial charge in [-0.2, -0.15) is 0 Å². The Morgan fingerprint density at radius 1 is 1.38 bits per heavy atom. The quantitative estimate of drug-likeness (QED) is 0.815. The number of carbonyl (C=O) groups is 1. The van der Waals surface area contributed by atoms with Gasteiger partial charge < -0.3 is 14.8 Å². The van der Waals surface area contributed by atoms with E-state index in [4.69, 9.17) is 0 Å². The molecule has 4 nitrogen and oxygen atoms in total. The minimum absolute atomic E-state index is 0.150. The van der Waals surface area contributed by atoms with Crippen molar-refractivity contribution in [2.45, 2.75) is 6.54 Å². The highest BCUT2D eigenvalue weighted by molar-refractivity contribution is 9.10. The molecule has 1 aromatic carbocycles. The van der Waals surface area contributed by atoms with Crippen LogP contribution in [0, 0.1) is 0 Å². The van der Waals surface area contributed by atoms with Gasteiger partial charge in [0, 0.05) is 30.0 Å². The zero-order valence-corrected chi connectivity index (χ0v) is 13.5. The Morgan fingerprint density at radius 2 is 2.14 bits per heavy atom. The number of aromatic nitrogens is 1. The Bertz CT molecular complexity index is 636. The summed E-state index contributed by atoms with van der Waals surface area (Å²) in [5.41, 5.74) is 1.82. The van der Waals surface area contributed by atoms with E-state index in [1.54, 1.807) is 11.0 Å². The molecule has 0 radical (unpaired) electrons. The molecule has 1 N–H and O–H groups in total. The van der Waals surface area contributed by atoms with Gasteiger partial charge in [-0.1, -0.05) is 18.2 Å². The maximum absolute atomic E-state index is 12.4. The molecule has 2 aromatic rings. The van der Waals surface area contributed by atoms with E-state index < -0.39 is 0 Å². The van der Waals surface area contributed by atoms with Crippen LogP contribution < -0.4 is 5.32 Å². The fourth-order valence-corrected chi connectivity index (χ4v) is 2.37. The van der Waals surface area contributed by atoms with Crippen LogP contribution >= 0.6 is 15.9 Å². The fourth-order valence-electron chi connectivity index (χ4n) is 1.99. The summed E-state index contributed by atoms with van der Waals surface area (Å²) in [4.78, 5) is 14.1. The molecule has 0 aliphatic heterocycles. The van der Waals surface area contributed by atoms with Crippen molar-refractivity contribution in [1.82, 2.24) is 9.47 Å². The summed E-state index contributed by atoms with van der Waals surface area (Å²) >= 11 is 3.43. The normalized spacial score (nSPS) is 10.2. The van der Waals surface area contributed by atoms with Crippen molar-refractivity contribution in [3.63, 3.8) is 0 Å². The van der Waals surface area contributed by atoms with Crippen molar-refractivity contribution in [2.75, 3.05) is 11.9 Å². The van der Waals surface area contributed by atoms with Crippen LogP contribution in [0.4, 0.5) is 10.5 Å². The first-order valence-corrected chi connectivity index (χ1v) is 7.42. The second kappa shape index (κ2) is 7.13. The predicted octanol–water partition coefficient (Wildman–Crippen LogP) is 4.01. The first kappa shape index (κ1) is 15.4. The van der Waals surface area contributed by atoms with Crippen LogP contribution in [0.3, 0.4) is 0 Å². The molecule has 0 saturated carbocycles. The number of hydrogen-bond acceptors (Lipinski definition) is 1. The fraction of sp³-hybridized carbons (Fsp3) is 0.188. The minimum Gasteiger partial charge on any atom is -0.353 e. The van der Waals surface area contributed by atoms with E-state index in [1.807, 2.05) is 54.2 Å². The minimum atomic E-state index is -0.150. The van der Waals surface area contributed by atoms with Crippen molar-refractivity contribution in [2.24, 2.45) is 7.05 Å². The molecule has 110 valence electrons. The molecule has 1 aromatic heterocycles. The highest BCUT2D eigenvalue weighted by atomic mass is 79.9. The summed E-state index contributed by atoms with van der Waals surface area (Å²) < 4.78 is 2.86. The lowest BCUT2D eigenvalue weighted by Gasteiger charge is -2.22. The summed E-state index contributed by atoms with van der Waals surface area (Å²) in [6.45, 7) is 4.74. The summed E-state index contributed by atoms with van der Waals surface area (Å²) in [6, 6.07) is 11.4. The third-order valence-electron chi connectivity index (χ3n) is 3.16. The largest absolute Gasteiger partial charge is 0.353 e. The molecule has 0 bridgehead atoms. The molecular weight excluding hydrogens is 330 g/mol. The van der Waals surface area contributed by atoms with E-state index in [2.05, 4.69) is 27.8 Å². The lowest BCUT2D eigenvalue weighted by Crippen LogP contribution is -2.35. The number of anilines is 1. The number of para-hydroxylation sites is 1. The Morgan fingerprint density at radius 3 is 2.76 bits per heavy atom. The number of hydrogen-bond donors (Lipinski definition) is 1. The molecule has 0 fully saturated rings. The van der Waals surface area contributed by atoms with Crippen molar-refractivity contribution < 1.29 is 4.79 Å². The van der Waals surface area contributed by atoms with E-state index in [0.717, 1.165) is 15.9 Å². The Kier molecular flexibility index (Phi) is 5.22. The van der Waals surface area contributed by atoms with Crippen LogP contribution in [0.5, 0.6) is 0 Å². The van der Waals surface area contributed by atoms with Gasteiger partial charge in [0.2, 0.25) is 0 Å². The number of rotatable bonds is 5. The van der Waals surface area contributed by atoms with Gasteiger partial charge in [0.05, 0.1) is 12.2 Å². The number of carbonyl (C=O) groups excluding carboxylic acids is 1. The second-order valence-corrected chi connectivity index (χ2v) is 5.54. The third kappa shape index (κ3) is 3.98. The van der Waals surface area contributed by atoms with Gasteiger partial charge in [0.25, 0.3) is 0 Å². The standard InChI is InChI=1S/C16H18BrN3O/c1-3-10-20(12-13-7-6-11-19(13)2)16(21)18-15-9-5-4-8-14(15)17/h3-9,11H,1,10,12H2,2H3,(H,18,21). The monoisotopic (exact) mass is 347 g/mol. The van der Waals surface area contributed by atoms with E-state index in [9.17, 15) is 4.79 Å². The molecule has 1 heterocycles. The SMILES string of the molecule is C=CCN(Cc1cccn1C)C(=O)Nc1ccccc1Br. The average molecular weight is 348 g/mol. The van der Waals surface area contributed by atoms with Gasteiger partial charge in [-0.25, -0.2) is 4.79 Å². The number of aryl methyl sites for hydroxylation is 1. The van der Waals surface area contributed by atoms with Crippen LogP contribution in [0.25, 0.3) is 0 Å². The number of urea groups is 1. The molecule has 21 heavy (non-hydrogen) atoms. The van der Waals surface area contributed by atoms with Crippen molar-refractivity contribution in [1.29, 1.82) is 0 Å². The van der Waals surface area contributed by atoms with Gasteiger partial charge in [-0.15, -0.1) is 6.58 Å². The van der Waals surface area contributed by atoms with E-state index in [1.165, 1.54) is 0 Å². The molecule has 2 rings (SSSR count). The topological polar surface area (TPSA) is 37.3 Å². The lowest BCUT2D eigenvalue weighted by atomic mass is 10.3. The maximum atomic E-state index is 12.4. The van der Waals surface area contributed by atoms with Crippen LogP contribution in [0.15, 0.2) is 59.7 Å². The van der Waals surface area contributed by atoms with E-state index >= 15 is 0 Å². The number of benzene rings is 1. The molecule has 0 saturated heterocycles. The number of nitrogens with zero attached hydrogens (tertiary/aromatic N) is 2. The lowest BCUT2D eigenvalue weighted by molar-refractivity contribution is 0.214. The van der Waals surface area contributed by atoms with Crippen molar-refractivity contribution in [3.8, 4) is 0 Å². The van der Waals surface area contributed by atoms with Crippen LogP contribution in [-0.4, -0.2) is 22.0 Å². The predicted molar refractivity (Wildman–Crippen MR) is 89.2 cm³/mol. The number of amides is 2. The van der Waals surface area contributed by atoms with Gasteiger partial charge in [0.1, 0.15) is 0 Å². The summed E-state index contributed by atoms with van der Waals surface area (Å²) in [6.07, 6.45) is 3.69. The van der Waals surface area contributed by atoms with E-state index in [0.29, 0.717) is 13.1 Å². The van der Waals surface area contributed by atoms with Crippen molar-refractivity contribution >= 4 is 27.6 Å². The molecular formula is C16H18BrN3O. The molecule has 5 heteroatoms. The van der Waals surface area contributed by atoms with Crippen LogP contribution in [0.2, 0.25) is 0 Å². The Balaban J connectivity index is 2.10. The van der Waals surface area contributed by atoms with Gasteiger partial charge in [-0.3, -0.25) is 0 Å². The van der Waals surface area contributed by atoms with Crippen molar-refractivity contribution in [3.05, 3.63) is 65.4 Å². The molecule has 0 spiro atoms. The first-order valence-electron chi connectivity index (χ1n) is 6.63. The Labute approximate surface area is 133 Å². The van der Waals surface area contributed by atoms with Crippen LogP contribution in [0.1, 0.15) is 5.69 Å². The van der Waals surface area contributed by atoms with E-state index in [-0.39, 0.29) is 6.03 Å². The summed E-state index contributed by atoms with van der Waals surface area (Å²) in [5.74, 6) is 0. The van der Waals surface area contributed by atoms with Gasteiger partial charge >= 0.3 is 6.03 Å². The Hall–Kier alpha value is -2.01. The molecule has 0 unspecified atom stereocenters. The van der Waals surface area contributed by atoms with Gasteiger partial charge in [0.15, 0.2) is 0 Å². The molecule has 0 aliphatic rings. The number of nitrogens with one attached hydrogen (secondary N) is 1. The smallest absolute Gasteiger partial charge is 0.322 e. The van der Waals surface area contributed by atoms with Gasteiger partial charge in [-0.05, 0) is 40.2 Å². The zero-order valence-electron chi connectivity index (χ0n) is 11.9. The second-order valence-electron chi connectivity index (χ2n) is 4.69. The number of halogens is 1. The first-order chi connectivity index (χ1) is 10.1. The highest BCUT2D eigenvalue weighted by Crippen LogP contribution is 2.21. The third-order valence-corrected chi connectivity index (χ3v) is 3.85. The zero-order chi connectivity index (χ0) is 15.2. The average Bonchev–Trinajstić information content (AvgIpc) is 2.86.